The number of unbranched alkanes of at least 4 members (excludes halogenated alkanes) is 3. The second-order valence-electron chi connectivity index (χ2n) is 3.75. The summed E-state index contributed by atoms with van der Waals surface area (Å²) in [5, 5.41) is 0. The lowest BCUT2D eigenvalue weighted by atomic mass is 10.2. The normalized spacial score (nSPS) is 10.7. The van der Waals surface area contributed by atoms with Gasteiger partial charge < -0.3 is 0 Å². The monoisotopic (exact) mass is 248 g/mol. The lowest BCUT2D eigenvalue weighted by Gasteiger charge is -2.03. The lowest BCUT2D eigenvalue weighted by molar-refractivity contribution is -0.141. The van der Waals surface area contributed by atoms with E-state index in [2.05, 4.69) is 23.8 Å². The Hall–Kier alpha value is -1.13. The van der Waals surface area contributed by atoms with Crippen LogP contribution in [0.2, 0.25) is 0 Å². The highest BCUT2D eigenvalue weighted by atomic mass is 19.4. The molecule has 0 fully saturated rings. The van der Waals surface area contributed by atoms with E-state index >= 15 is 0 Å². The average molecular weight is 248 g/mol. The first-order valence-electron chi connectivity index (χ1n) is 5.77. The molecule has 0 aromatic carbocycles. The molecular formula is C12H19F3N2. The zero-order valence-corrected chi connectivity index (χ0v) is 10.5. The molecule has 0 amide bonds. The summed E-state index contributed by atoms with van der Waals surface area (Å²) in [7, 11) is 0. The smallest absolute Gasteiger partial charge is 0.258 e. The molecule has 0 aliphatic carbocycles. The Kier molecular flexibility index (Phi) is 7.50. The molecular weight excluding hydrogens is 229 g/mol. The van der Waals surface area contributed by atoms with Gasteiger partial charge in [-0.3, -0.25) is 4.98 Å². The summed E-state index contributed by atoms with van der Waals surface area (Å²) >= 11 is 0. The minimum Gasteiger partial charge on any atom is -0.258 e. The Bertz CT molecular complexity index is 290. The van der Waals surface area contributed by atoms with Crippen molar-refractivity contribution in [3.63, 3.8) is 0 Å². The van der Waals surface area contributed by atoms with Crippen molar-refractivity contribution in [3.05, 3.63) is 23.8 Å². The van der Waals surface area contributed by atoms with Gasteiger partial charge in [0.25, 0.3) is 0 Å². The molecule has 5 heteroatoms. The number of rotatable bonds is 3. The molecule has 0 aliphatic heterocycles. The van der Waals surface area contributed by atoms with Crippen LogP contribution < -0.4 is 0 Å². The highest BCUT2D eigenvalue weighted by Gasteiger charge is 2.32. The molecule has 1 aromatic heterocycles. The lowest BCUT2D eigenvalue weighted by Crippen LogP contribution is -2.08. The van der Waals surface area contributed by atoms with Crippen LogP contribution in [-0.4, -0.2) is 9.97 Å². The standard InChI is InChI=1S/C6H5F3N2.C6H14/c1-4-2-11-5(3-10-4)6(7,8)9;1-3-5-6-4-2/h2-3H,1H3;3-6H2,1-2H3. The number of aromatic nitrogens is 2. The summed E-state index contributed by atoms with van der Waals surface area (Å²) in [6.45, 7) is 6.04. The zero-order chi connectivity index (χ0) is 13.3. The fourth-order valence-corrected chi connectivity index (χ4v) is 1.04. The molecule has 0 unspecified atom stereocenters. The van der Waals surface area contributed by atoms with E-state index in [1.807, 2.05) is 0 Å². The SMILES string of the molecule is CCCCCC.Cc1cnc(C(F)(F)F)cn1. The van der Waals surface area contributed by atoms with Crippen LogP contribution in [-0.2, 0) is 6.18 Å². The van der Waals surface area contributed by atoms with Gasteiger partial charge in [0.05, 0.1) is 11.9 Å². The van der Waals surface area contributed by atoms with Crippen molar-refractivity contribution in [2.45, 2.75) is 52.6 Å². The van der Waals surface area contributed by atoms with E-state index in [1.165, 1.54) is 25.7 Å². The first kappa shape index (κ1) is 15.9. The highest BCUT2D eigenvalue weighted by Crippen LogP contribution is 2.26. The maximum atomic E-state index is 11.8. The molecule has 0 saturated heterocycles. The van der Waals surface area contributed by atoms with Crippen molar-refractivity contribution in [2.75, 3.05) is 0 Å². The van der Waals surface area contributed by atoms with Crippen molar-refractivity contribution in [2.24, 2.45) is 0 Å². The summed E-state index contributed by atoms with van der Waals surface area (Å²) < 4.78 is 35.5. The Balaban J connectivity index is 0.000000366. The van der Waals surface area contributed by atoms with Crippen LogP contribution in [0.5, 0.6) is 0 Å². The first-order valence-corrected chi connectivity index (χ1v) is 5.77. The maximum Gasteiger partial charge on any atom is 0.434 e. The molecule has 98 valence electrons. The molecule has 0 aliphatic rings. The topological polar surface area (TPSA) is 25.8 Å². The number of aryl methyl sites for hydroxylation is 1. The number of halogens is 3. The minimum absolute atomic E-state index is 0.470. The van der Waals surface area contributed by atoms with E-state index in [0.29, 0.717) is 5.69 Å². The molecule has 0 saturated carbocycles. The maximum absolute atomic E-state index is 11.8. The number of nitrogens with zero attached hydrogens (tertiary/aromatic N) is 2. The van der Waals surface area contributed by atoms with E-state index in [1.54, 1.807) is 6.92 Å². The molecule has 1 heterocycles. The van der Waals surface area contributed by atoms with Gasteiger partial charge in [0.15, 0.2) is 5.69 Å². The van der Waals surface area contributed by atoms with E-state index < -0.39 is 11.9 Å². The molecule has 17 heavy (non-hydrogen) atoms. The third kappa shape index (κ3) is 7.71. The van der Waals surface area contributed by atoms with Crippen LogP contribution in [0.3, 0.4) is 0 Å². The predicted molar refractivity (Wildman–Crippen MR) is 61.6 cm³/mol. The van der Waals surface area contributed by atoms with E-state index in [-0.39, 0.29) is 0 Å². The van der Waals surface area contributed by atoms with Gasteiger partial charge in [0.2, 0.25) is 0 Å². The van der Waals surface area contributed by atoms with Crippen molar-refractivity contribution >= 4 is 0 Å². The fourth-order valence-electron chi connectivity index (χ4n) is 1.04. The minimum atomic E-state index is -4.39. The van der Waals surface area contributed by atoms with E-state index in [4.69, 9.17) is 0 Å². The summed E-state index contributed by atoms with van der Waals surface area (Å²) in [5.74, 6) is 0. The molecule has 1 rings (SSSR count). The van der Waals surface area contributed by atoms with Crippen LogP contribution in [0.25, 0.3) is 0 Å². The van der Waals surface area contributed by atoms with Crippen molar-refractivity contribution in [3.8, 4) is 0 Å². The number of hydrogen-bond donors (Lipinski definition) is 0. The predicted octanol–water partition coefficient (Wildman–Crippen LogP) is 4.39. The third-order valence-corrected chi connectivity index (χ3v) is 2.03. The zero-order valence-electron chi connectivity index (χ0n) is 10.5. The fraction of sp³-hybridized carbons (Fsp3) is 0.667. The van der Waals surface area contributed by atoms with Crippen LogP contribution in [0, 0.1) is 6.92 Å². The van der Waals surface area contributed by atoms with Crippen molar-refractivity contribution in [1.82, 2.24) is 9.97 Å². The molecule has 0 bridgehead atoms. The van der Waals surface area contributed by atoms with Crippen molar-refractivity contribution in [1.29, 1.82) is 0 Å². The van der Waals surface area contributed by atoms with Gasteiger partial charge in [-0.2, -0.15) is 13.2 Å². The Morgan fingerprint density at radius 2 is 1.53 bits per heavy atom. The van der Waals surface area contributed by atoms with Crippen LogP contribution >= 0.6 is 0 Å². The van der Waals surface area contributed by atoms with Crippen LogP contribution in [0.4, 0.5) is 13.2 Å². The van der Waals surface area contributed by atoms with Gasteiger partial charge in [-0.05, 0) is 6.92 Å². The Labute approximate surface area is 100 Å². The van der Waals surface area contributed by atoms with Crippen molar-refractivity contribution < 1.29 is 13.2 Å². The van der Waals surface area contributed by atoms with Gasteiger partial charge in [0.1, 0.15) is 0 Å². The quantitative estimate of drug-likeness (QED) is 0.741. The average Bonchev–Trinajstić information content (AvgIpc) is 2.26. The summed E-state index contributed by atoms with van der Waals surface area (Å²) in [4.78, 5) is 6.63. The van der Waals surface area contributed by atoms with E-state index in [0.717, 1.165) is 12.4 Å². The molecule has 0 N–H and O–H groups in total. The molecule has 0 atom stereocenters. The third-order valence-electron chi connectivity index (χ3n) is 2.03. The highest BCUT2D eigenvalue weighted by molar-refractivity contribution is 5.03. The summed E-state index contributed by atoms with van der Waals surface area (Å²) in [6, 6.07) is 0. The second kappa shape index (κ2) is 8.03. The first-order chi connectivity index (χ1) is 7.91. The summed E-state index contributed by atoms with van der Waals surface area (Å²) in [5.41, 5.74) is -0.485. The van der Waals surface area contributed by atoms with Crippen LogP contribution in [0.15, 0.2) is 12.4 Å². The Morgan fingerprint density at radius 1 is 1.00 bits per heavy atom. The van der Waals surface area contributed by atoms with Gasteiger partial charge in [-0.1, -0.05) is 39.5 Å². The molecule has 1 aromatic rings. The second-order valence-corrected chi connectivity index (χ2v) is 3.75. The number of alkyl halides is 3. The Morgan fingerprint density at radius 3 is 1.82 bits per heavy atom. The number of hydrogen-bond acceptors (Lipinski definition) is 2. The largest absolute Gasteiger partial charge is 0.434 e. The van der Waals surface area contributed by atoms with Gasteiger partial charge in [-0.15, -0.1) is 0 Å². The van der Waals surface area contributed by atoms with Gasteiger partial charge in [0, 0.05) is 6.20 Å². The van der Waals surface area contributed by atoms with E-state index in [9.17, 15) is 13.2 Å². The molecule has 0 spiro atoms. The van der Waals surface area contributed by atoms with Gasteiger partial charge in [-0.25, -0.2) is 4.98 Å². The summed E-state index contributed by atoms with van der Waals surface area (Å²) in [6.07, 6.45) is 2.95. The molecule has 0 radical (unpaired) electrons. The molecule has 2 nitrogen and oxygen atoms in total. The van der Waals surface area contributed by atoms with Crippen LogP contribution in [0.1, 0.15) is 50.9 Å². The van der Waals surface area contributed by atoms with Gasteiger partial charge >= 0.3 is 6.18 Å².